The molecule has 0 spiro atoms. The van der Waals surface area contributed by atoms with Gasteiger partial charge in [-0.25, -0.2) is 8.42 Å². The number of likely N-dealkylation sites (tertiary alicyclic amines) is 1. The molecule has 0 aromatic heterocycles. The summed E-state index contributed by atoms with van der Waals surface area (Å²) in [6, 6.07) is 21.3. The molecule has 0 atom stereocenters. The van der Waals surface area contributed by atoms with Crippen LogP contribution in [0.2, 0.25) is 0 Å². The third kappa shape index (κ3) is 6.24. The van der Waals surface area contributed by atoms with Gasteiger partial charge < -0.3 is 5.32 Å². The van der Waals surface area contributed by atoms with Crippen molar-refractivity contribution in [3.8, 4) is 0 Å². The molecule has 0 bridgehead atoms. The van der Waals surface area contributed by atoms with Crippen molar-refractivity contribution < 1.29 is 13.2 Å². The molecular formula is C27H31N3O3S. The van der Waals surface area contributed by atoms with E-state index in [0.29, 0.717) is 17.8 Å². The smallest absolute Gasteiger partial charge is 0.261 e. The topological polar surface area (TPSA) is 78.5 Å². The molecule has 1 saturated heterocycles. The normalized spacial score (nSPS) is 14.5. The van der Waals surface area contributed by atoms with E-state index in [-0.39, 0.29) is 10.8 Å². The first-order valence-corrected chi connectivity index (χ1v) is 13.2. The summed E-state index contributed by atoms with van der Waals surface area (Å²) in [4.78, 5) is 15.4. The zero-order valence-corrected chi connectivity index (χ0v) is 20.3. The maximum Gasteiger partial charge on any atom is 0.261 e. The summed E-state index contributed by atoms with van der Waals surface area (Å²) in [5.41, 5.74) is 4.23. The number of sulfonamides is 1. The minimum atomic E-state index is -3.68. The van der Waals surface area contributed by atoms with E-state index in [9.17, 15) is 13.2 Å². The van der Waals surface area contributed by atoms with Gasteiger partial charge in [0.05, 0.1) is 4.90 Å². The number of nitrogens with one attached hydrogen (secondary N) is 2. The van der Waals surface area contributed by atoms with Crippen molar-refractivity contribution >= 4 is 21.6 Å². The molecule has 4 rings (SSSR count). The summed E-state index contributed by atoms with van der Waals surface area (Å²) in [6.07, 6.45) is 3.80. The van der Waals surface area contributed by atoms with Crippen molar-refractivity contribution in [1.29, 1.82) is 0 Å². The number of aryl methyl sites for hydroxylation is 1. The zero-order chi connectivity index (χ0) is 24.0. The lowest BCUT2D eigenvalue weighted by atomic mass is 10.0. The van der Waals surface area contributed by atoms with Crippen LogP contribution >= 0.6 is 0 Å². The van der Waals surface area contributed by atoms with Crippen LogP contribution in [0.3, 0.4) is 0 Å². The molecule has 3 aromatic rings. The van der Waals surface area contributed by atoms with Crippen LogP contribution in [0.5, 0.6) is 0 Å². The highest BCUT2D eigenvalue weighted by Gasteiger charge is 2.15. The van der Waals surface area contributed by atoms with Crippen LogP contribution in [0.4, 0.5) is 5.69 Å². The summed E-state index contributed by atoms with van der Waals surface area (Å²) < 4.78 is 27.7. The Morgan fingerprint density at radius 2 is 1.50 bits per heavy atom. The third-order valence-electron chi connectivity index (χ3n) is 6.13. The van der Waals surface area contributed by atoms with Gasteiger partial charge in [-0.05, 0) is 80.4 Å². The summed E-state index contributed by atoms with van der Waals surface area (Å²) >= 11 is 0. The zero-order valence-electron chi connectivity index (χ0n) is 19.5. The first kappa shape index (κ1) is 24.0. The van der Waals surface area contributed by atoms with Crippen molar-refractivity contribution in [2.45, 2.75) is 44.2 Å². The molecule has 1 aliphatic heterocycles. The third-order valence-corrected chi connectivity index (χ3v) is 7.53. The fourth-order valence-corrected chi connectivity index (χ4v) is 5.20. The van der Waals surface area contributed by atoms with Gasteiger partial charge in [-0.15, -0.1) is 0 Å². The number of carbonyl (C=O) groups is 1. The molecule has 34 heavy (non-hydrogen) atoms. The second-order valence-electron chi connectivity index (χ2n) is 8.78. The molecule has 0 radical (unpaired) electrons. The number of hydrogen-bond donors (Lipinski definition) is 2. The van der Waals surface area contributed by atoms with Crippen LogP contribution < -0.4 is 10.0 Å². The fraction of sp³-hybridized carbons (Fsp3) is 0.296. The van der Waals surface area contributed by atoms with Crippen molar-refractivity contribution in [2.75, 3.05) is 17.8 Å². The van der Waals surface area contributed by atoms with Crippen LogP contribution in [0.1, 0.15) is 46.3 Å². The van der Waals surface area contributed by atoms with E-state index >= 15 is 0 Å². The molecule has 1 aliphatic rings. The Kier molecular flexibility index (Phi) is 7.65. The van der Waals surface area contributed by atoms with Crippen molar-refractivity contribution in [1.82, 2.24) is 10.2 Å². The van der Waals surface area contributed by atoms with E-state index in [1.54, 1.807) is 48.5 Å². The van der Waals surface area contributed by atoms with Crippen LogP contribution in [0.25, 0.3) is 0 Å². The van der Waals surface area contributed by atoms with E-state index < -0.39 is 10.0 Å². The Labute approximate surface area is 202 Å². The number of anilines is 1. The van der Waals surface area contributed by atoms with E-state index in [2.05, 4.69) is 27.1 Å². The molecule has 1 heterocycles. The standard InChI is InChI=1S/C27H31N3O3S/c1-21-9-15-26(16-10-21)34(32,33)29-25-13-11-22(12-14-25)27(31)28-19-23-7-3-4-8-24(23)20-30-17-5-2-6-18-30/h3-4,7-16,29H,2,5-6,17-20H2,1H3,(H,28,31). The number of rotatable bonds is 8. The number of piperidine rings is 1. The van der Waals surface area contributed by atoms with E-state index in [4.69, 9.17) is 0 Å². The number of carbonyl (C=O) groups excluding carboxylic acids is 1. The van der Waals surface area contributed by atoms with Crippen LogP contribution in [-0.2, 0) is 23.1 Å². The first-order valence-electron chi connectivity index (χ1n) is 11.7. The SMILES string of the molecule is Cc1ccc(S(=O)(=O)Nc2ccc(C(=O)NCc3ccccc3CN3CCCCC3)cc2)cc1. The van der Waals surface area contributed by atoms with Gasteiger partial charge in [0.25, 0.3) is 15.9 Å². The monoisotopic (exact) mass is 477 g/mol. The molecule has 7 heteroatoms. The van der Waals surface area contributed by atoms with Crippen molar-refractivity contribution in [3.63, 3.8) is 0 Å². The van der Waals surface area contributed by atoms with Gasteiger partial charge in [-0.2, -0.15) is 0 Å². The molecule has 0 aliphatic carbocycles. The quantitative estimate of drug-likeness (QED) is 0.492. The molecule has 2 N–H and O–H groups in total. The first-order chi connectivity index (χ1) is 16.4. The lowest BCUT2D eigenvalue weighted by Crippen LogP contribution is -2.30. The summed E-state index contributed by atoms with van der Waals surface area (Å²) in [5, 5.41) is 3.00. The highest BCUT2D eigenvalue weighted by molar-refractivity contribution is 7.92. The Bertz CT molecular complexity index is 1220. The number of nitrogens with zero attached hydrogens (tertiary/aromatic N) is 1. The lowest BCUT2D eigenvalue weighted by Gasteiger charge is -2.27. The number of benzene rings is 3. The maximum absolute atomic E-state index is 12.7. The molecule has 1 fully saturated rings. The van der Waals surface area contributed by atoms with Gasteiger partial charge >= 0.3 is 0 Å². The second-order valence-corrected chi connectivity index (χ2v) is 10.5. The second kappa shape index (κ2) is 10.8. The van der Waals surface area contributed by atoms with E-state index in [0.717, 1.165) is 30.8 Å². The molecule has 1 amide bonds. The number of amides is 1. The molecular weight excluding hydrogens is 446 g/mol. The van der Waals surface area contributed by atoms with Gasteiger partial charge in [-0.1, -0.05) is 48.4 Å². The van der Waals surface area contributed by atoms with Crippen molar-refractivity contribution in [2.24, 2.45) is 0 Å². The van der Waals surface area contributed by atoms with Crippen LogP contribution in [-0.4, -0.2) is 32.3 Å². The summed E-state index contributed by atoms with van der Waals surface area (Å²) in [6.45, 7) is 5.51. The Hall–Kier alpha value is -3.16. The fourth-order valence-electron chi connectivity index (χ4n) is 4.14. The molecule has 0 saturated carbocycles. The molecule has 0 unspecified atom stereocenters. The van der Waals surface area contributed by atoms with E-state index in [1.807, 2.05) is 19.1 Å². The average molecular weight is 478 g/mol. The van der Waals surface area contributed by atoms with Gasteiger partial charge in [0.15, 0.2) is 0 Å². The Morgan fingerprint density at radius 1 is 0.853 bits per heavy atom. The summed E-state index contributed by atoms with van der Waals surface area (Å²) in [7, 11) is -3.68. The predicted octanol–water partition coefficient (Wildman–Crippen LogP) is 4.71. The van der Waals surface area contributed by atoms with Crippen LogP contribution in [0.15, 0.2) is 77.7 Å². The highest BCUT2D eigenvalue weighted by atomic mass is 32.2. The Balaban J connectivity index is 1.36. The number of hydrogen-bond acceptors (Lipinski definition) is 4. The van der Waals surface area contributed by atoms with Crippen molar-refractivity contribution in [3.05, 3.63) is 95.1 Å². The van der Waals surface area contributed by atoms with E-state index in [1.165, 1.54) is 24.8 Å². The van der Waals surface area contributed by atoms with Gasteiger partial charge in [0.2, 0.25) is 0 Å². The van der Waals surface area contributed by atoms with Gasteiger partial charge in [0.1, 0.15) is 0 Å². The largest absolute Gasteiger partial charge is 0.348 e. The maximum atomic E-state index is 12.7. The molecule has 6 nitrogen and oxygen atoms in total. The lowest BCUT2D eigenvalue weighted by molar-refractivity contribution is 0.0950. The average Bonchev–Trinajstić information content (AvgIpc) is 2.84. The summed E-state index contributed by atoms with van der Waals surface area (Å²) in [5.74, 6) is -0.194. The highest BCUT2D eigenvalue weighted by Crippen LogP contribution is 2.18. The Morgan fingerprint density at radius 3 is 2.18 bits per heavy atom. The van der Waals surface area contributed by atoms with Gasteiger partial charge in [0, 0.05) is 24.3 Å². The van der Waals surface area contributed by atoms with Crippen LogP contribution in [0, 0.1) is 6.92 Å². The molecule has 3 aromatic carbocycles. The van der Waals surface area contributed by atoms with Gasteiger partial charge in [-0.3, -0.25) is 14.4 Å². The minimum Gasteiger partial charge on any atom is -0.348 e. The predicted molar refractivity (Wildman–Crippen MR) is 135 cm³/mol. The molecule has 178 valence electrons. The minimum absolute atomic E-state index is 0.194.